The molecule has 0 fully saturated rings. The summed E-state index contributed by atoms with van der Waals surface area (Å²) in [6, 6.07) is 17.6. The van der Waals surface area contributed by atoms with E-state index in [4.69, 9.17) is 0 Å². The summed E-state index contributed by atoms with van der Waals surface area (Å²) in [5.74, 6) is -1.31. The van der Waals surface area contributed by atoms with Gasteiger partial charge in [-0.1, -0.05) is 30.3 Å². The highest BCUT2D eigenvalue weighted by Gasteiger charge is 2.20. The highest BCUT2D eigenvalue weighted by molar-refractivity contribution is 7.09. The SMILES string of the molecule is O=C(O)c1cc(NC(=O)[C@H](Cc2ccccc2)NCc2cncs2)cc(-c2ccncc2)c1. The van der Waals surface area contributed by atoms with Crippen LogP contribution in [0.1, 0.15) is 20.8 Å². The van der Waals surface area contributed by atoms with E-state index in [2.05, 4.69) is 20.6 Å². The molecule has 0 saturated carbocycles. The maximum absolute atomic E-state index is 13.3. The number of hydrogen-bond donors (Lipinski definition) is 3. The molecule has 2 aromatic heterocycles. The maximum atomic E-state index is 13.3. The van der Waals surface area contributed by atoms with Crippen molar-refractivity contribution in [3.05, 3.63) is 101 Å². The summed E-state index contributed by atoms with van der Waals surface area (Å²) >= 11 is 1.52. The summed E-state index contributed by atoms with van der Waals surface area (Å²) < 4.78 is 0. The molecule has 0 aliphatic rings. The lowest BCUT2D eigenvalue weighted by Crippen LogP contribution is -2.41. The first-order valence-electron chi connectivity index (χ1n) is 10.3. The molecular formula is C25H22N4O3S. The van der Waals surface area contributed by atoms with Crippen LogP contribution in [0.15, 0.2) is 84.8 Å². The number of pyridine rings is 1. The first-order valence-corrected chi connectivity index (χ1v) is 11.2. The second-order valence-electron chi connectivity index (χ2n) is 7.42. The molecule has 0 radical (unpaired) electrons. The number of thiazole rings is 1. The Labute approximate surface area is 195 Å². The zero-order chi connectivity index (χ0) is 23.0. The van der Waals surface area contributed by atoms with E-state index in [0.29, 0.717) is 24.2 Å². The lowest BCUT2D eigenvalue weighted by Gasteiger charge is -2.19. The Kier molecular flexibility index (Phi) is 7.19. The number of rotatable bonds is 9. The molecule has 166 valence electrons. The van der Waals surface area contributed by atoms with Crippen LogP contribution >= 0.6 is 11.3 Å². The van der Waals surface area contributed by atoms with Crippen molar-refractivity contribution in [2.75, 3.05) is 5.32 Å². The number of carbonyl (C=O) groups excluding carboxylic acids is 1. The Hall–Kier alpha value is -3.88. The fourth-order valence-electron chi connectivity index (χ4n) is 3.42. The fraction of sp³-hybridized carbons (Fsp3) is 0.120. The molecule has 7 nitrogen and oxygen atoms in total. The Balaban J connectivity index is 1.58. The van der Waals surface area contributed by atoms with Crippen molar-refractivity contribution in [3.63, 3.8) is 0 Å². The largest absolute Gasteiger partial charge is 0.478 e. The van der Waals surface area contributed by atoms with Gasteiger partial charge in [-0.2, -0.15) is 0 Å². The van der Waals surface area contributed by atoms with Gasteiger partial charge in [-0.3, -0.25) is 14.8 Å². The van der Waals surface area contributed by atoms with Gasteiger partial charge in [-0.15, -0.1) is 11.3 Å². The van der Waals surface area contributed by atoms with Gasteiger partial charge < -0.3 is 15.7 Å². The summed E-state index contributed by atoms with van der Waals surface area (Å²) in [6.07, 6.45) is 5.54. The predicted molar refractivity (Wildman–Crippen MR) is 128 cm³/mol. The van der Waals surface area contributed by atoms with Crippen molar-refractivity contribution in [1.29, 1.82) is 0 Å². The van der Waals surface area contributed by atoms with Crippen molar-refractivity contribution in [1.82, 2.24) is 15.3 Å². The monoisotopic (exact) mass is 458 g/mol. The van der Waals surface area contributed by atoms with Crippen molar-refractivity contribution in [2.24, 2.45) is 0 Å². The Morgan fingerprint density at radius 1 is 0.970 bits per heavy atom. The van der Waals surface area contributed by atoms with Gasteiger partial charge in [-0.25, -0.2) is 4.79 Å². The van der Waals surface area contributed by atoms with Crippen LogP contribution in [-0.4, -0.2) is 33.0 Å². The van der Waals surface area contributed by atoms with E-state index in [9.17, 15) is 14.7 Å². The molecule has 33 heavy (non-hydrogen) atoms. The lowest BCUT2D eigenvalue weighted by atomic mass is 10.0. The highest BCUT2D eigenvalue weighted by atomic mass is 32.1. The topological polar surface area (TPSA) is 104 Å². The summed E-state index contributed by atoms with van der Waals surface area (Å²) in [5, 5.41) is 15.8. The van der Waals surface area contributed by atoms with Gasteiger partial charge in [0.05, 0.1) is 17.1 Å². The predicted octanol–water partition coefficient (Wildman–Crippen LogP) is 4.24. The molecule has 2 heterocycles. The number of benzene rings is 2. The van der Waals surface area contributed by atoms with Crippen LogP contribution in [0.2, 0.25) is 0 Å². The molecule has 0 bridgehead atoms. The molecule has 0 aliphatic heterocycles. The number of aromatic nitrogens is 2. The van der Waals surface area contributed by atoms with Crippen LogP contribution in [0.3, 0.4) is 0 Å². The molecule has 4 rings (SSSR count). The number of carbonyl (C=O) groups is 2. The van der Waals surface area contributed by atoms with Gasteiger partial charge in [0.2, 0.25) is 5.91 Å². The highest BCUT2D eigenvalue weighted by Crippen LogP contribution is 2.25. The van der Waals surface area contributed by atoms with Gasteiger partial charge in [0.15, 0.2) is 0 Å². The minimum Gasteiger partial charge on any atom is -0.478 e. The van der Waals surface area contributed by atoms with Gasteiger partial charge in [0.25, 0.3) is 0 Å². The second-order valence-corrected chi connectivity index (χ2v) is 8.39. The van der Waals surface area contributed by atoms with Crippen LogP contribution in [-0.2, 0) is 17.8 Å². The normalized spacial score (nSPS) is 11.6. The molecule has 4 aromatic rings. The van der Waals surface area contributed by atoms with Gasteiger partial charge >= 0.3 is 5.97 Å². The lowest BCUT2D eigenvalue weighted by molar-refractivity contribution is -0.118. The standard InChI is InChI=1S/C25H22N4O3S/c30-24(23(10-17-4-2-1-3-5-17)28-15-22-14-27-16-33-22)29-21-12-19(11-20(13-21)25(31)32)18-6-8-26-9-7-18/h1-9,11-14,16,23,28H,10,15H2,(H,29,30)(H,31,32)/t23-/m0/s1. The number of nitrogens with one attached hydrogen (secondary N) is 2. The van der Waals surface area contributed by atoms with E-state index in [1.54, 1.807) is 48.4 Å². The average Bonchev–Trinajstić information content (AvgIpc) is 3.36. The number of nitrogens with zero attached hydrogens (tertiary/aromatic N) is 2. The summed E-state index contributed by atoms with van der Waals surface area (Å²) in [4.78, 5) is 34.1. The number of anilines is 1. The molecule has 2 aromatic carbocycles. The van der Waals surface area contributed by atoms with Crippen LogP contribution in [0, 0.1) is 0 Å². The van der Waals surface area contributed by atoms with E-state index in [1.807, 2.05) is 30.3 Å². The van der Waals surface area contributed by atoms with Crippen LogP contribution < -0.4 is 10.6 Å². The zero-order valence-electron chi connectivity index (χ0n) is 17.6. The first kappa shape index (κ1) is 22.3. The molecule has 0 unspecified atom stereocenters. The second kappa shape index (κ2) is 10.6. The van der Waals surface area contributed by atoms with Crippen molar-refractivity contribution >= 4 is 28.9 Å². The Morgan fingerprint density at radius 2 is 1.76 bits per heavy atom. The fourth-order valence-corrected chi connectivity index (χ4v) is 3.97. The van der Waals surface area contributed by atoms with Gasteiger partial charge in [0, 0.05) is 35.7 Å². The van der Waals surface area contributed by atoms with Gasteiger partial charge in [0.1, 0.15) is 0 Å². The van der Waals surface area contributed by atoms with Crippen molar-refractivity contribution < 1.29 is 14.7 Å². The van der Waals surface area contributed by atoms with Crippen molar-refractivity contribution in [2.45, 2.75) is 19.0 Å². The maximum Gasteiger partial charge on any atom is 0.335 e. The minimum absolute atomic E-state index is 0.0943. The first-order chi connectivity index (χ1) is 16.1. The molecule has 0 aliphatic carbocycles. The van der Waals surface area contributed by atoms with E-state index in [-0.39, 0.29) is 11.5 Å². The van der Waals surface area contributed by atoms with Crippen LogP contribution in [0.5, 0.6) is 0 Å². The zero-order valence-corrected chi connectivity index (χ0v) is 18.5. The van der Waals surface area contributed by atoms with Gasteiger partial charge in [-0.05, 0) is 53.4 Å². The molecule has 1 amide bonds. The van der Waals surface area contributed by atoms with E-state index in [0.717, 1.165) is 16.0 Å². The molecule has 1 atom stereocenters. The number of carboxylic acids is 1. The molecule has 3 N–H and O–H groups in total. The number of hydrogen-bond acceptors (Lipinski definition) is 6. The summed E-state index contributed by atoms with van der Waals surface area (Å²) in [7, 11) is 0. The number of carboxylic acid groups (broad SMARTS) is 1. The average molecular weight is 459 g/mol. The van der Waals surface area contributed by atoms with E-state index < -0.39 is 12.0 Å². The number of amides is 1. The summed E-state index contributed by atoms with van der Waals surface area (Å²) in [6.45, 7) is 0.507. The molecule has 0 saturated heterocycles. The van der Waals surface area contributed by atoms with Crippen molar-refractivity contribution in [3.8, 4) is 11.1 Å². The molecule has 0 spiro atoms. The third kappa shape index (κ3) is 6.09. The number of aromatic carboxylic acids is 1. The Bertz CT molecular complexity index is 1220. The Morgan fingerprint density at radius 3 is 2.45 bits per heavy atom. The quantitative estimate of drug-likeness (QED) is 0.347. The molecule has 8 heteroatoms. The minimum atomic E-state index is -1.06. The van der Waals surface area contributed by atoms with E-state index >= 15 is 0 Å². The third-order valence-corrected chi connectivity index (χ3v) is 5.85. The van der Waals surface area contributed by atoms with Crippen LogP contribution in [0.25, 0.3) is 11.1 Å². The molecular weight excluding hydrogens is 436 g/mol. The van der Waals surface area contributed by atoms with Crippen LogP contribution in [0.4, 0.5) is 5.69 Å². The smallest absolute Gasteiger partial charge is 0.335 e. The third-order valence-electron chi connectivity index (χ3n) is 5.07. The summed E-state index contributed by atoms with van der Waals surface area (Å²) in [5.41, 5.74) is 4.78. The van der Waals surface area contributed by atoms with E-state index in [1.165, 1.54) is 17.4 Å².